The Hall–Kier alpha value is -2.48. The van der Waals surface area contributed by atoms with Crippen LogP contribution in [0.4, 0.5) is 18.9 Å². The summed E-state index contributed by atoms with van der Waals surface area (Å²) in [5, 5.41) is 5.45. The van der Waals surface area contributed by atoms with E-state index < -0.39 is 17.0 Å². The first-order chi connectivity index (χ1) is 12.4. The van der Waals surface area contributed by atoms with Crippen molar-refractivity contribution in [2.75, 3.05) is 5.32 Å². The van der Waals surface area contributed by atoms with Crippen LogP contribution in [0.15, 0.2) is 53.4 Å². The van der Waals surface area contributed by atoms with Crippen LogP contribution < -0.4 is 10.6 Å². The first-order valence-corrected chi connectivity index (χ1v) is 8.85. The highest BCUT2D eigenvalue weighted by molar-refractivity contribution is 8.00. The number of hydrogen-bond donors (Lipinski definition) is 2. The van der Waals surface area contributed by atoms with Crippen LogP contribution in [0.25, 0.3) is 0 Å². The zero-order valence-electron chi connectivity index (χ0n) is 15.0. The molecule has 2 amide bonds. The van der Waals surface area contributed by atoms with Crippen molar-refractivity contribution in [3.63, 3.8) is 0 Å². The average Bonchev–Trinajstić information content (AvgIpc) is 2.52. The summed E-state index contributed by atoms with van der Waals surface area (Å²) in [5.74, 6) is -0.857. The topological polar surface area (TPSA) is 58.2 Å². The highest BCUT2D eigenvalue weighted by Gasteiger charge is 2.29. The third kappa shape index (κ3) is 6.63. The molecule has 0 atom stereocenters. The van der Waals surface area contributed by atoms with Crippen LogP contribution >= 0.6 is 11.8 Å². The summed E-state index contributed by atoms with van der Waals surface area (Å²) >= 11 is -0.248. The van der Waals surface area contributed by atoms with Gasteiger partial charge in [0.15, 0.2) is 0 Å². The monoisotopic (exact) mass is 396 g/mol. The first kappa shape index (κ1) is 20.8. The fourth-order valence-electron chi connectivity index (χ4n) is 2.20. The molecule has 2 rings (SSSR count). The number of thioether (sulfide) groups is 1. The molecule has 0 aliphatic heterocycles. The number of halogens is 3. The van der Waals surface area contributed by atoms with E-state index in [0.29, 0.717) is 11.3 Å². The lowest BCUT2D eigenvalue weighted by Gasteiger charge is -2.21. The second-order valence-corrected chi connectivity index (χ2v) is 7.91. The summed E-state index contributed by atoms with van der Waals surface area (Å²) in [6, 6.07) is 11.6. The molecule has 0 fully saturated rings. The second-order valence-electron chi connectivity index (χ2n) is 6.78. The minimum absolute atomic E-state index is 0.0102. The summed E-state index contributed by atoms with van der Waals surface area (Å²) in [5.41, 5.74) is -4.03. The Kier molecular flexibility index (Phi) is 6.20. The van der Waals surface area contributed by atoms with Crippen molar-refractivity contribution >= 4 is 29.3 Å². The molecular formula is C19H19F3N2O2S. The zero-order chi connectivity index (χ0) is 20.2. The summed E-state index contributed by atoms with van der Waals surface area (Å²) in [6.07, 6.45) is 0. The predicted octanol–water partition coefficient (Wildman–Crippen LogP) is 5.08. The fourth-order valence-corrected chi connectivity index (χ4v) is 2.74. The maximum absolute atomic E-state index is 12.4. The molecule has 0 heterocycles. The molecule has 0 saturated carbocycles. The Morgan fingerprint density at radius 3 is 2.04 bits per heavy atom. The quantitative estimate of drug-likeness (QED) is 0.709. The Labute approximate surface area is 159 Å². The summed E-state index contributed by atoms with van der Waals surface area (Å²) in [7, 11) is 0. The van der Waals surface area contributed by atoms with E-state index in [4.69, 9.17) is 0 Å². The van der Waals surface area contributed by atoms with Crippen molar-refractivity contribution in [1.29, 1.82) is 0 Å². The van der Waals surface area contributed by atoms with Crippen molar-refractivity contribution in [2.45, 2.75) is 36.7 Å². The number of rotatable bonds is 4. The number of alkyl halides is 3. The number of hydrogen-bond acceptors (Lipinski definition) is 3. The lowest BCUT2D eigenvalue weighted by atomic mass is 10.1. The largest absolute Gasteiger partial charge is 0.446 e. The first-order valence-electron chi connectivity index (χ1n) is 8.03. The van der Waals surface area contributed by atoms with E-state index in [-0.39, 0.29) is 28.1 Å². The van der Waals surface area contributed by atoms with Crippen LogP contribution in [0.3, 0.4) is 0 Å². The molecule has 0 aromatic heterocycles. The van der Waals surface area contributed by atoms with Gasteiger partial charge in [-0.3, -0.25) is 9.59 Å². The summed E-state index contributed by atoms with van der Waals surface area (Å²) in [4.78, 5) is 24.8. The third-order valence-corrected chi connectivity index (χ3v) is 4.00. The molecule has 0 aliphatic rings. The number of amides is 2. The number of nitrogens with one attached hydrogen (secondary N) is 2. The number of benzene rings is 2. The molecule has 0 radical (unpaired) electrons. The average molecular weight is 396 g/mol. The molecule has 2 N–H and O–H groups in total. The maximum atomic E-state index is 12.4. The number of carbonyl (C=O) groups excluding carboxylic acids is 2. The van der Waals surface area contributed by atoms with E-state index >= 15 is 0 Å². The van der Waals surface area contributed by atoms with Gasteiger partial charge in [-0.2, -0.15) is 13.2 Å². The van der Waals surface area contributed by atoms with Gasteiger partial charge >= 0.3 is 5.51 Å². The van der Waals surface area contributed by atoms with Crippen LogP contribution in [-0.4, -0.2) is 22.9 Å². The minimum atomic E-state index is -4.39. The number of para-hydroxylation sites is 1. The molecule has 4 nitrogen and oxygen atoms in total. The SMILES string of the molecule is CC(C)(C)NC(=O)c1ccccc1NC(=O)c1ccc(SC(F)(F)F)cc1. The van der Waals surface area contributed by atoms with Gasteiger partial charge in [0.1, 0.15) is 0 Å². The smallest absolute Gasteiger partial charge is 0.347 e. The van der Waals surface area contributed by atoms with E-state index in [0.717, 1.165) is 0 Å². The summed E-state index contributed by atoms with van der Waals surface area (Å²) < 4.78 is 37.1. The third-order valence-electron chi connectivity index (χ3n) is 3.26. The second kappa shape index (κ2) is 8.04. The Balaban J connectivity index is 2.15. The fraction of sp³-hybridized carbons (Fsp3) is 0.263. The van der Waals surface area contributed by atoms with E-state index in [1.165, 1.54) is 24.3 Å². The number of carbonyl (C=O) groups is 2. The molecule has 0 aliphatic carbocycles. The number of anilines is 1. The minimum Gasteiger partial charge on any atom is -0.347 e. The summed E-state index contributed by atoms with van der Waals surface area (Å²) in [6.45, 7) is 5.52. The van der Waals surface area contributed by atoms with Crippen molar-refractivity contribution in [3.8, 4) is 0 Å². The van der Waals surface area contributed by atoms with Crippen molar-refractivity contribution in [2.24, 2.45) is 0 Å². The molecule has 8 heteroatoms. The molecule has 27 heavy (non-hydrogen) atoms. The Bertz CT molecular complexity index is 828. The highest BCUT2D eigenvalue weighted by atomic mass is 32.2. The molecule has 144 valence electrons. The van der Waals surface area contributed by atoms with Crippen molar-refractivity contribution < 1.29 is 22.8 Å². The highest BCUT2D eigenvalue weighted by Crippen LogP contribution is 2.36. The molecule has 0 saturated heterocycles. The van der Waals surface area contributed by atoms with Crippen molar-refractivity contribution in [1.82, 2.24) is 5.32 Å². The van der Waals surface area contributed by atoms with Crippen LogP contribution in [0.2, 0.25) is 0 Å². The lowest BCUT2D eigenvalue weighted by Crippen LogP contribution is -2.40. The molecule has 2 aromatic rings. The molecule has 2 aromatic carbocycles. The van der Waals surface area contributed by atoms with Crippen LogP contribution in [0, 0.1) is 0 Å². The van der Waals surface area contributed by atoms with Gasteiger partial charge in [0, 0.05) is 16.0 Å². The van der Waals surface area contributed by atoms with Crippen LogP contribution in [0.5, 0.6) is 0 Å². The van der Waals surface area contributed by atoms with Gasteiger partial charge in [-0.25, -0.2) is 0 Å². The van der Waals surface area contributed by atoms with Crippen LogP contribution in [0.1, 0.15) is 41.5 Å². The van der Waals surface area contributed by atoms with E-state index in [1.54, 1.807) is 24.3 Å². The van der Waals surface area contributed by atoms with Crippen LogP contribution in [-0.2, 0) is 0 Å². The molecule has 0 bridgehead atoms. The van der Waals surface area contributed by atoms with Gasteiger partial charge in [-0.1, -0.05) is 12.1 Å². The van der Waals surface area contributed by atoms with E-state index in [1.807, 2.05) is 20.8 Å². The van der Waals surface area contributed by atoms with Gasteiger partial charge in [0.05, 0.1) is 11.3 Å². The normalized spacial score (nSPS) is 11.8. The maximum Gasteiger partial charge on any atom is 0.446 e. The lowest BCUT2D eigenvalue weighted by molar-refractivity contribution is -0.0328. The standard InChI is InChI=1S/C19H19F3N2O2S/c1-18(2,3)24-17(26)14-6-4-5-7-15(14)23-16(25)12-8-10-13(11-9-12)27-19(20,21)22/h4-11H,1-3H3,(H,23,25)(H,24,26). The van der Waals surface area contributed by atoms with Gasteiger partial charge in [0.25, 0.3) is 11.8 Å². The van der Waals surface area contributed by atoms with Gasteiger partial charge < -0.3 is 10.6 Å². The zero-order valence-corrected chi connectivity index (χ0v) is 15.8. The van der Waals surface area contributed by atoms with Crippen molar-refractivity contribution in [3.05, 3.63) is 59.7 Å². The Morgan fingerprint density at radius 2 is 1.48 bits per heavy atom. The molecular weight excluding hydrogens is 377 g/mol. The molecule has 0 unspecified atom stereocenters. The predicted molar refractivity (Wildman–Crippen MR) is 100.0 cm³/mol. The van der Waals surface area contributed by atoms with E-state index in [2.05, 4.69) is 10.6 Å². The Morgan fingerprint density at radius 1 is 0.889 bits per heavy atom. The van der Waals surface area contributed by atoms with Gasteiger partial charge in [0.2, 0.25) is 0 Å². The van der Waals surface area contributed by atoms with E-state index in [9.17, 15) is 22.8 Å². The molecule has 0 spiro atoms. The van der Waals surface area contributed by atoms with Gasteiger partial charge in [-0.05, 0) is 68.9 Å². The van der Waals surface area contributed by atoms with Gasteiger partial charge in [-0.15, -0.1) is 0 Å².